The molecular formula is C21H22N6O2S. The topological polar surface area (TPSA) is 97.7 Å². The van der Waals surface area contributed by atoms with Crippen LogP contribution in [-0.2, 0) is 24.7 Å². The molecular weight excluding hydrogens is 400 g/mol. The van der Waals surface area contributed by atoms with Crippen molar-refractivity contribution in [2.24, 2.45) is 7.05 Å². The molecule has 0 aliphatic heterocycles. The Morgan fingerprint density at radius 2 is 1.93 bits per heavy atom. The smallest absolute Gasteiger partial charge is 0.234 e. The van der Waals surface area contributed by atoms with Crippen LogP contribution in [0.1, 0.15) is 11.6 Å². The van der Waals surface area contributed by atoms with Gasteiger partial charge in [0, 0.05) is 19.9 Å². The number of aryl methyl sites for hydroxylation is 2. The van der Waals surface area contributed by atoms with Crippen molar-refractivity contribution in [2.75, 3.05) is 18.2 Å². The van der Waals surface area contributed by atoms with Crippen LogP contribution >= 0.6 is 11.8 Å². The number of para-hydroxylation sites is 4. The zero-order valence-electron chi connectivity index (χ0n) is 16.8. The molecule has 0 aliphatic carbocycles. The first-order valence-electron chi connectivity index (χ1n) is 9.51. The zero-order chi connectivity index (χ0) is 20.9. The number of ether oxygens (including phenoxy) is 1. The van der Waals surface area contributed by atoms with E-state index in [1.54, 1.807) is 19.2 Å². The largest absolute Gasteiger partial charge is 0.495 e. The first kappa shape index (κ1) is 20.0. The molecule has 0 saturated carbocycles. The van der Waals surface area contributed by atoms with Gasteiger partial charge in [-0.15, -0.1) is 10.2 Å². The van der Waals surface area contributed by atoms with Crippen LogP contribution in [0.15, 0.2) is 53.7 Å². The van der Waals surface area contributed by atoms with E-state index in [1.165, 1.54) is 11.8 Å². The van der Waals surface area contributed by atoms with Gasteiger partial charge in [0.05, 0.1) is 29.6 Å². The summed E-state index contributed by atoms with van der Waals surface area (Å²) in [6.45, 7) is 0. The number of aromatic nitrogens is 5. The third-order valence-electron chi connectivity index (χ3n) is 4.66. The van der Waals surface area contributed by atoms with Crippen molar-refractivity contribution in [1.29, 1.82) is 0 Å². The maximum atomic E-state index is 12.3. The van der Waals surface area contributed by atoms with Gasteiger partial charge in [0.2, 0.25) is 5.91 Å². The highest BCUT2D eigenvalue weighted by Crippen LogP contribution is 2.24. The van der Waals surface area contributed by atoms with E-state index in [9.17, 15) is 4.79 Å². The second kappa shape index (κ2) is 9.00. The third-order valence-corrected chi connectivity index (χ3v) is 5.68. The second-order valence-corrected chi connectivity index (χ2v) is 7.64. The number of rotatable bonds is 8. The van der Waals surface area contributed by atoms with Crippen LogP contribution < -0.4 is 10.1 Å². The zero-order valence-corrected chi connectivity index (χ0v) is 17.6. The highest BCUT2D eigenvalue weighted by Gasteiger charge is 2.13. The number of methoxy groups -OCH3 is 1. The fourth-order valence-corrected chi connectivity index (χ4v) is 3.84. The molecule has 154 valence electrons. The molecule has 0 spiro atoms. The van der Waals surface area contributed by atoms with Gasteiger partial charge >= 0.3 is 0 Å². The van der Waals surface area contributed by atoms with E-state index >= 15 is 0 Å². The number of hydrogen-bond acceptors (Lipinski definition) is 6. The van der Waals surface area contributed by atoms with Gasteiger partial charge < -0.3 is 19.6 Å². The Morgan fingerprint density at radius 3 is 2.77 bits per heavy atom. The van der Waals surface area contributed by atoms with Crippen molar-refractivity contribution >= 4 is 34.4 Å². The fraction of sp³-hybridized carbons (Fsp3) is 0.238. The maximum absolute atomic E-state index is 12.3. The average Bonchev–Trinajstić information content (AvgIpc) is 3.34. The Labute approximate surface area is 178 Å². The maximum Gasteiger partial charge on any atom is 0.234 e. The highest BCUT2D eigenvalue weighted by atomic mass is 32.2. The molecule has 9 heteroatoms. The van der Waals surface area contributed by atoms with Crippen LogP contribution in [0, 0.1) is 0 Å². The molecule has 0 fully saturated rings. The van der Waals surface area contributed by atoms with Crippen molar-refractivity contribution in [3.63, 3.8) is 0 Å². The number of amides is 1. The minimum absolute atomic E-state index is 0.128. The lowest BCUT2D eigenvalue weighted by molar-refractivity contribution is -0.113. The van der Waals surface area contributed by atoms with E-state index in [0.717, 1.165) is 29.1 Å². The van der Waals surface area contributed by atoms with Crippen molar-refractivity contribution in [2.45, 2.75) is 18.0 Å². The molecule has 1 amide bonds. The highest BCUT2D eigenvalue weighted by molar-refractivity contribution is 7.99. The summed E-state index contributed by atoms with van der Waals surface area (Å²) < 4.78 is 7.18. The molecule has 8 nitrogen and oxygen atoms in total. The van der Waals surface area contributed by atoms with Crippen molar-refractivity contribution in [1.82, 2.24) is 24.7 Å². The first-order valence-corrected chi connectivity index (χ1v) is 10.5. The SMILES string of the molecule is COc1ccccc1NC(=O)CSc1nnc(CCc2nc3ccccc3[nH]2)n1C. The van der Waals surface area contributed by atoms with E-state index < -0.39 is 0 Å². The molecule has 0 saturated heterocycles. The summed E-state index contributed by atoms with van der Waals surface area (Å²) in [4.78, 5) is 20.2. The Balaban J connectivity index is 1.33. The Bertz CT molecular complexity index is 1140. The Morgan fingerprint density at radius 1 is 1.13 bits per heavy atom. The van der Waals surface area contributed by atoms with Gasteiger partial charge in [-0.1, -0.05) is 36.0 Å². The number of imidazole rings is 1. The molecule has 0 bridgehead atoms. The number of nitrogens with zero attached hydrogens (tertiary/aromatic N) is 4. The summed E-state index contributed by atoms with van der Waals surface area (Å²) in [6.07, 6.45) is 1.44. The van der Waals surface area contributed by atoms with Gasteiger partial charge in [0.1, 0.15) is 17.4 Å². The molecule has 2 aromatic carbocycles. The number of benzene rings is 2. The van der Waals surface area contributed by atoms with E-state index in [-0.39, 0.29) is 11.7 Å². The Hall–Kier alpha value is -3.33. The van der Waals surface area contributed by atoms with Gasteiger partial charge in [-0.2, -0.15) is 0 Å². The lowest BCUT2D eigenvalue weighted by Crippen LogP contribution is -2.15. The number of carbonyl (C=O) groups excluding carboxylic acids is 1. The van der Waals surface area contributed by atoms with E-state index in [2.05, 4.69) is 25.5 Å². The summed E-state index contributed by atoms with van der Waals surface area (Å²) >= 11 is 1.35. The minimum Gasteiger partial charge on any atom is -0.495 e. The summed E-state index contributed by atoms with van der Waals surface area (Å²) in [5.41, 5.74) is 2.64. The quantitative estimate of drug-likeness (QED) is 0.423. The van der Waals surface area contributed by atoms with Gasteiger partial charge in [-0.3, -0.25) is 4.79 Å². The van der Waals surface area contributed by atoms with Crippen LogP contribution in [0.25, 0.3) is 11.0 Å². The molecule has 30 heavy (non-hydrogen) atoms. The molecule has 4 rings (SSSR count). The van der Waals surface area contributed by atoms with Crippen molar-refractivity contribution < 1.29 is 9.53 Å². The fourth-order valence-electron chi connectivity index (χ4n) is 3.11. The van der Waals surface area contributed by atoms with Crippen molar-refractivity contribution in [3.05, 3.63) is 60.2 Å². The molecule has 2 N–H and O–H groups in total. The monoisotopic (exact) mass is 422 g/mol. The average molecular weight is 423 g/mol. The molecule has 0 unspecified atom stereocenters. The van der Waals surface area contributed by atoms with Crippen LogP contribution in [0.3, 0.4) is 0 Å². The van der Waals surface area contributed by atoms with Crippen LogP contribution in [0.4, 0.5) is 5.69 Å². The molecule has 0 aliphatic rings. The number of fused-ring (bicyclic) bond motifs is 1. The number of hydrogen-bond donors (Lipinski definition) is 2. The number of nitrogens with one attached hydrogen (secondary N) is 2. The number of aromatic amines is 1. The van der Waals surface area contributed by atoms with Crippen LogP contribution in [0.2, 0.25) is 0 Å². The second-order valence-electron chi connectivity index (χ2n) is 6.70. The molecule has 0 radical (unpaired) electrons. The minimum atomic E-state index is -0.128. The van der Waals surface area contributed by atoms with E-state index in [0.29, 0.717) is 23.0 Å². The van der Waals surface area contributed by atoms with Gasteiger partial charge in [0.15, 0.2) is 5.16 Å². The molecule has 2 heterocycles. The lowest BCUT2D eigenvalue weighted by Gasteiger charge is -2.09. The summed E-state index contributed by atoms with van der Waals surface area (Å²) in [5, 5.41) is 12.1. The predicted molar refractivity (Wildman–Crippen MR) is 117 cm³/mol. The number of carbonyl (C=O) groups is 1. The van der Waals surface area contributed by atoms with Gasteiger partial charge in [-0.05, 0) is 24.3 Å². The van der Waals surface area contributed by atoms with Crippen LogP contribution in [-0.4, -0.2) is 43.5 Å². The van der Waals surface area contributed by atoms with Gasteiger partial charge in [0.25, 0.3) is 0 Å². The summed E-state index contributed by atoms with van der Waals surface area (Å²) in [6, 6.07) is 15.3. The summed E-state index contributed by atoms with van der Waals surface area (Å²) in [5.74, 6) is 2.50. The van der Waals surface area contributed by atoms with E-state index in [4.69, 9.17) is 4.74 Å². The molecule has 2 aromatic heterocycles. The first-order chi connectivity index (χ1) is 14.6. The normalized spacial score (nSPS) is 11.0. The lowest BCUT2D eigenvalue weighted by atomic mass is 10.3. The molecule has 4 aromatic rings. The van der Waals surface area contributed by atoms with Gasteiger partial charge in [-0.25, -0.2) is 4.98 Å². The molecule has 0 atom stereocenters. The Kier molecular flexibility index (Phi) is 5.99. The number of anilines is 1. The number of thioether (sulfide) groups is 1. The standard InChI is InChI=1S/C21H22N6O2S/c1-27-19(12-11-18-22-14-7-3-4-8-15(14)23-18)25-26-21(27)30-13-20(28)24-16-9-5-6-10-17(16)29-2/h3-10H,11-13H2,1-2H3,(H,22,23)(H,24,28). The third kappa shape index (κ3) is 4.46. The summed E-state index contributed by atoms with van der Waals surface area (Å²) in [7, 11) is 3.49. The van der Waals surface area contributed by atoms with Crippen LogP contribution in [0.5, 0.6) is 5.75 Å². The number of H-pyrrole nitrogens is 1. The predicted octanol–water partition coefficient (Wildman–Crippen LogP) is 3.22. The van der Waals surface area contributed by atoms with E-state index in [1.807, 2.05) is 48.0 Å². The van der Waals surface area contributed by atoms with Crippen molar-refractivity contribution in [3.8, 4) is 5.75 Å².